The number of carbonyl (C=O) groups excluding carboxylic acids is 2. The number of thioether (sulfide) groups is 1. The fourth-order valence-electron chi connectivity index (χ4n) is 5.78. The standard InChI is InChI=1S/C34H32ClN3O4S2/c1-44(41,42)37-34(40)25-12-10-22(11-13-25)20-38-30-17-15-27(36-33(39)24-7-3-4-8-24)19-29(30)32(35)31(38)21-43-28-16-14-23-6-2-5-9-26(23)18-28/h2,5-6,9-19,24H,3-4,7-8,20-21H2,1H3,(H,36,39)(H,37,40). The summed E-state index contributed by atoms with van der Waals surface area (Å²) in [4.78, 5) is 26.3. The summed E-state index contributed by atoms with van der Waals surface area (Å²) in [5.74, 6) is 0.0598. The number of fused-ring (bicyclic) bond motifs is 2. The van der Waals surface area contributed by atoms with Gasteiger partial charge < -0.3 is 9.88 Å². The molecule has 6 rings (SSSR count). The lowest BCUT2D eigenvalue weighted by molar-refractivity contribution is -0.119. The van der Waals surface area contributed by atoms with Gasteiger partial charge in [-0.1, -0.05) is 66.9 Å². The van der Waals surface area contributed by atoms with Crippen molar-refractivity contribution in [3.05, 3.63) is 107 Å². The molecule has 0 saturated heterocycles. The van der Waals surface area contributed by atoms with E-state index in [-0.39, 0.29) is 17.4 Å². The minimum atomic E-state index is -3.66. The van der Waals surface area contributed by atoms with Gasteiger partial charge in [0.15, 0.2) is 0 Å². The highest BCUT2D eigenvalue weighted by Gasteiger charge is 2.23. The number of hydrogen-bond acceptors (Lipinski definition) is 5. The molecule has 1 fully saturated rings. The van der Waals surface area contributed by atoms with Gasteiger partial charge in [-0.15, -0.1) is 11.8 Å². The summed E-state index contributed by atoms with van der Waals surface area (Å²) in [6.45, 7) is 0.485. The van der Waals surface area contributed by atoms with Gasteiger partial charge in [0.2, 0.25) is 15.9 Å². The molecule has 0 atom stereocenters. The average molecular weight is 646 g/mol. The van der Waals surface area contributed by atoms with Crippen LogP contribution in [-0.2, 0) is 27.1 Å². The fraction of sp³-hybridized carbons (Fsp3) is 0.235. The maximum absolute atomic E-state index is 12.8. The van der Waals surface area contributed by atoms with Crippen molar-refractivity contribution in [2.75, 3.05) is 11.6 Å². The summed E-state index contributed by atoms with van der Waals surface area (Å²) >= 11 is 8.80. The highest BCUT2D eigenvalue weighted by molar-refractivity contribution is 7.98. The zero-order chi connectivity index (χ0) is 30.8. The molecule has 4 aromatic carbocycles. The molecule has 1 aliphatic rings. The zero-order valence-electron chi connectivity index (χ0n) is 24.2. The predicted molar refractivity (Wildman–Crippen MR) is 179 cm³/mol. The van der Waals surface area contributed by atoms with Crippen LogP contribution >= 0.6 is 23.4 Å². The second kappa shape index (κ2) is 12.7. The summed E-state index contributed by atoms with van der Waals surface area (Å²) in [5, 5.41) is 6.94. The topological polar surface area (TPSA) is 97.3 Å². The van der Waals surface area contributed by atoms with Crippen LogP contribution in [0.25, 0.3) is 21.7 Å². The molecule has 0 bridgehead atoms. The van der Waals surface area contributed by atoms with E-state index in [2.05, 4.69) is 40.2 Å². The number of sulfonamides is 1. The van der Waals surface area contributed by atoms with Crippen molar-refractivity contribution in [1.82, 2.24) is 9.29 Å². The van der Waals surface area contributed by atoms with Crippen LogP contribution < -0.4 is 10.0 Å². The van der Waals surface area contributed by atoms with E-state index in [4.69, 9.17) is 11.6 Å². The highest BCUT2D eigenvalue weighted by atomic mass is 35.5. The van der Waals surface area contributed by atoms with Gasteiger partial charge in [-0.05, 0) is 71.6 Å². The third-order valence-electron chi connectivity index (χ3n) is 8.03. The van der Waals surface area contributed by atoms with Crippen molar-refractivity contribution in [1.29, 1.82) is 0 Å². The lowest BCUT2D eigenvalue weighted by Gasteiger charge is -2.13. The maximum atomic E-state index is 12.8. The molecule has 1 aromatic heterocycles. The van der Waals surface area contributed by atoms with Crippen molar-refractivity contribution < 1.29 is 18.0 Å². The molecule has 1 saturated carbocycles. The Balaban J connectivity index is 1.31. The van der Waals surface area contributed by atoms with Crippen LogP contribution in [0.15, 0.2) is 89.8 Å². The van der Waals surface area contributed by atoms with Gasteiger partial charge in [0, 0.05) is 45.4 Å². The molecular formula is C34H32ClN3O4S2. The zero-order valence-corrected chi connectivity index (χ0v) is 26.6. The number of nitrogens with zero attached hydrogens (tertiary/aromatic N) is 1. The van der Waals surface area contributed by atoms with E-state index >= 15 is 0 Å². The first-order chi connectivity index (χ1) is 21.1. The van der Waals surface area contributed by atoms with Gasteiger partial charge in [0.25, 0.3) is 5.91 Å². The Morgan fingerprint density at radius 3 is 2.39 bits per heavy atom. The Kier molecular flexibility index (Phi) is 8.71. The first-order valence-electron chi connectivity index (χ1n) is 14.5. The molecule has 5 aromatic rings. The van der Waals surface area contributed by atoms with Crippen LogP contribution in [0, 0.1) is 5.92 Å². The van der Waals surface area contributed by atoms with Gasteiger partial charge in [-0.3, -0.25) is 9.59 Å². The Hall–Kier alpha value is -3.79. The van der Waals surface area contributed by atoms with Crippen LogP contribution in [0.2, 0.25) is 5.02 Å². The van der Waals surface area contributed by atoms with E-state index in [0.717, 1.165) is 64.7 Å². The molecule has 226 valence electrons. The largest absolute Gasteiger partial charge is 0.338 e. The average Bonchev–Trinajstić information content (AvgIpc) is 3.63. The predicted octanol–water partition coefficient (Wildman–Crippen LogP) is 7.61. The molecule has 1 heterocycles. The molecule has 10 heteroatoms. The van der Waals surface area contributed by atoms with Crippen LogP contribution in [0.1, 0.15) is 47.3 Å². The lowest BCUT2D eigenvalue weighted by atomic mass is 10.1. The Morgan fingerprint density at radius 1 is 0.932 bits per heavy atom. The third kappa shape index (κ3) is 6.80. The summed E-state index contributed by atoms with van der Waals surface area (Å²) in [6.07, 6.45) is 4.98. The molecule has 7 nitrogen and oxygen atoms in total. The molecule has 2 amide bonds. The molecular weight excluding hydrogens is 614 g/mol. The first kappa shape index (κ1) is 30.2. The second-order valence-corrected chi connectivity index (χ2v) is 14.4. The van der Waals surface area contributed by atoms with Crippen LogP contribution in [-0.4, -0.2) is 31.1 Å². The molecule has 44 heavy (non-hydrogen) atoms. The Bertz CT molecular complexity index is 1980. The summed E-state index contributed by atoms with van der Waals surface area (Å²) < 4.78 is 27.2. The summed E-state index contributed by atoms with van der Waals surface area (Å²) in [7, 11) is -3.66. The lowest BCUT2D eigenvalue weighted by Crippen LogP contribution is -2.29. The summed E-state index contributed by atoms with van der Waals surface area (Å²) in [5.41, 5.74) is 3.78. The number of anilines is 1. The molecule has 0 spiro atoms. The molecule has 1 aliphatic carbocycles. The first-order valence-corrected chi connectivity index (χ1v) is 17.7. The van der Waals surface area contributed by atoms with E-state index in [1.165, 1.54) is 10.8 Å². The van der Waals surface area contributed by atoms with Crippen molar-refractivity contribution >= 4 is 72.6 Å². The smallest absolute Gasteiger partial charge is 0.264 e. The van der Waals surface area contributed by atoms with Gasteiger partial charge in [-0.25, -0.2) is 13.1 Å². The van der Waals surface area contributed by atoms with Crippen molar-refractivity contribution in [3.8, 4) is 0 Å². The minimum Gasteiger partial charge on any atom is -0.338 e. The monoisotopic (exact) mass is 645 g/mol. The van der Waals surface area contributed by atoms with Crippen LogP contribution in [0.5, 0.6) is 0 Å². The van der Waals surface area contributed by atoms with E-state index in [1.54, 1.807) is 23.9 Å². The SMILES string of the molecule is CS(=O)(=O)NC(=O)c1ccc(Cn2c(CSc3ccc4ccccc4c3)c(Cl)c3cc(NC(=O)C4CCCC4)ccc32)cc1. The molecule has 0 unspecified atom stereocenters. The quantitative estimate of drug-likeness (QED) is 0.161. The number of benzene rings is 4. The van der Waals surface area contributed by atoms with E-state index in [1.807, 2.05) is 47.2 Å². The van der Waals surface area contributed by atoms with Crippen LogP contribution in [0.3, 0.4) is 0 Å². The molecule has 0 aliphatic heterocycles. The Labute approximate surface area is 266 Å². The number of carbonyl (C=O) groups is 2. The second-order valence-electron chi connectivity index (χ2n) is 11.2. The third-order valence-corrected chi connectivity index (χ3v) is 10.0. The van der Waals surface area contributed by atoms with Gasteiger partial charge in [-0.2, -0.15) is 0 Å². The van der Waals surface area contributed by atoms with Gasteiger partial charge in [0.1, 0.15) is 0 Å². The number of hydrogen-bond donors (Lipinski definition) is 2. The number of amides is 2. The maximum Gasteiger partial charge on any atom is 0.264 e. The Morgan fingerprint density at radius 2 is 1.66 bits per heavy atom. The molecule has 0 radical (unpaired) electrons. The fourth-order valence-corrected chi connectivity index (χ4v) is 7.61. The van der Waals surface area contributed by atoms with E-state index in [0.29, 0.717) is 17.3 Å². The van der Waals surface area contributed by atoms with Crippen molar-refractivity contribution in [3.63, 3.8) is 0 Å². The van der Waals surface area contributed by atoms with Gasteiger partial charge in [0.05, 0.1) is 16.8 Å². The van der Waals surface area contributed by atoms with E-state index < -0.39 is 15.9 Å². The van der Waals surface area contributed by atoms with Gasteiger partial charge >= 0.3 is 0 Å². The highest BCUT2D eigenvalue weighted by Crippen LogP contribution is 2.38. The normalized spacial score (nSPS) is 13.9. The minimum absolute atomic E-state index is 0.0576. The number of nitrogens with one attached hydrogen (secondary N) is 2. The van der Waals surface area contributed by atoms with E-state index in [9.17, 15) is 18.0 Å². The van der Waals surface area contributed by atoms with Crippen molar-refractivity contribution in [2.45, 2.75) is 42.9 Å². The van der Waals surface area contributed by atoms with Crippen molar-refractivity contribution in [2.24, 2.45) is 5.92 Å². The summed E-state index contributed by atoms with van der Waals surface area (Å²) in [6, 6.07) is 27.4. The number of halogens is 1. The van der Waals surface area contributed by atoms with Crippen LogP contribution in [0.4, 0.5) is 5.69 Å². The number of rotatable bonds is 9. The molecule has 2 N–H and O–H groups in total. The number of aromatic nitrogens is 1.